The fourth-order valence-electron chi connectivity index (χ4n) is 2.14. The summed E-state index contributed by atoms with van der Waals surface area (Å²) in [5.41, 5.74) is 5.87. The van der Waals surface area contributed by atoms with Crippen LogP contribution in [0.2, 0.25) is 0 Å². The highest BCUT2D eigenvalue weighted by atomic mass is 14.7. The molecule has 0 fully saturated rings. The molecule has 0 radical (unpaired) electrons. The van der Waals surface area contributed by atoms with Crippen molar-refractivity contribution in [3.8, 4) is 0 Å². The quantitative estimate of drug-likeness (QED) is 0.249. The van der Waals surface area contributed by atoms with Gasteiger partial charge in [-0.25, -0.2) is 0 Å². The van der Waals surface area contributed by atoms with Gasteiger partial charge in [0.15, 0.2) is 0 Å². The molecule has 0 aliphatic carbocycles. The maximum atomic E-state index is 7.61. The second kappa shape index (κ2) is 12.6. The van der Waals surface area contributed by atoms with Gasteiger partial charge in [-0.2, -0.15) is 0 Å². The lowest BCUT2D eigenvalue weighted by Gasteiger charge is -2.03. The van der Waals surface area contributed by atoms with Crippen molar-refractivity contribution in [2.75, 3.05) is 0 Å². The first kappa shape index (κ1) is 17.1. The van der Waals surface area contributed by atoms with Crippen molar-refractivity contribution in [3.63, 3.8) is 0 Å². The van der Waals surface area contributed by atoms with E-state index in [0.29, 0.717) is 12.1 Å². The molecule has 0 aliphatic rings. The Balaban J connectivity index is 3.11. The Bertz CT molecular complexity index is 224. The number of rotatable bonds is 13. The van der Waals surface area contributed by atoms with Gasteiger partial charge in [-0.3, -0.25) is 5.41 Å². The average molecular weight is 253 g/mol. The van der Waals surface area contributed by atoms with Gasteiger partial charge in [0, 0.05) is 12.1 Å². The van der Waals surface area contributed by atoms with Crippen molar-refractivity contribution in [1.29, 1.82) is 10.8 Å². The van der Waals surface area contributed by atoms with Crippen LogP contribution < -0.4 is 5.73 Å². The zero-order chi connectivity index (χ0) is 13.6. The zero-order valence-electron chi connectivity index (χ0n) is 12.1. The lowest BCUT2D eigenvalue weighted by Crippen LogP contribution is -2.14. The third-order valence-electron chi connectivity index (χ3n) is 3.24. The molecule has 106 valence electrons. The van der Waals surface area contributed by atoms with Crippen LogP contribution in [0, 0.1) is 10.8 Å². The maximum Gasteiger partial charge on any atom is 0.0962 e. The molecule has 0 heterocycles. The first-order valence-corrected chi connectivity index (χ1v) is 7.56. The summed E-state index contributed by atoms with van der Waals surface area (Å²) in [4.78, 5) is 0. The molecule has 0 spiro atoms. The van der Waals surface area contributed by atoms with E-state index < -0.39 is 0 Å². The monoisotopic (exact) mass is 253 g/mol. The molecule has 0 bridgehead atoms. The minimum Gasteiger partial charge on any atom is -0.387 e. The number of hydrogen-bond acceptors (Lipinski definition) is 2. The number of nitrogens with two attached hydrogens (primary N) is 1. The predicted molar refractivity (Wildman–Crippen MR) is 80.7 cm³/mol. The Morgan fingerprint density at radius 2 is 1.22 bits per heavy atom. The second-order valence-electron chi connectivity index (χ2n) is 5.24. The summed E-state index contributed by atoms with van der Waals surface area (Å²) in [6.45, 7) is 2.25. The zero-order valence-corrected chi connectivity index (χ0v) is 12.1. The molecule has 3 nitrogen and oxygen atoms in total. The maximum absolute atomic E-state index is 7.61. The molecule has 18 heavy (non-hydrogen) atoms. The SMILES string of the molecule is CCCCCCCCCCCCC(=N)CC(=N)N. The summed E-state index contributed by atoms with van der Waals surface area (Å²) in [5, 5.41) is 14.7. The molecule has 0 aliphatic heterocycles. The number of nitrogens with one attached hydrogen (secondary N) is 2. The topological polar surface area (TPSA) is 73.7 Å². The number of unbranched alkanes of at least 4 members (excludes halogenated alkanes) is 9. The second-order valence-corrected chi connectivity index (χ2v) is 5.24. The van der Waals surface area contributed by atoms with Crippen LogP contribution in [-0.4, -0.2) is 11.5 Å². The van der Waals surface area contributed by atoms with E-state index in [1.807, 2.05) is 0 Å². The van der Waals surface area contributed by atoms with Gasteiger partial charge in [-0.1, -0.05) is 64.7 Å². The first-order valence-electron chi connectivity index (χ1n) is 7.56. The first-order chi connectivity index (χ1) is 8.66. The van der Waals surface area contributed by atoms with Gasteiger partial charge in [-0.15, -0.1) is 0 Å². The van der Waals surface area contributed by atoms with Crippen LogP contribution in [0.25, 0.3) is 0 Å². The van der Waals surface area contributed by atoms with E-state index in [2.05, 4.69) is 6.92 Å². The highest BCUT2D eigenvalue weighted by Crippen LogP contribution is 2.11. The largest absolute Gasteiger partial charge is 0.387 e. The summed E-state index contributed by atoms with van der Waals surface area (Å²) in [6.07, 6.45) is 14.4. The predicted octanol–water partition coefficient (Wildman–Crippen LogP) is 4.64. The molecule has 0 rings (SSSR count). The third kappa shape index (κ3) is 13.2. The van der Waals surface area contributed by atoms with E-state index >= 15 is 0 Å². The summed E-state index contributed by atoms with van der Waals surface area (Å²) < 4.78 is 0. The molecule has 0 unspecified atom stereocenters. The molecule has 4 N–H and O–H groups in total. The molecule has 0 saturated heterocycles. The van der Waals surface area contributed by atoms with Crippen molar-refractivity contribution in [1.82, 2.24) is 0 Å². The van der Waals surface area contributed by atoms with Crippen molar-refractivity contribution in [2.24, 2.45) is 5.73 Å². The molecule has 0 atom stereocenters. The molecule has 0 aromatic heterocycles. The summed E-state index contributed by atoms with van der Waals surface area (Å²) >= 11 is 0. The van der Waals surface area contributed by atoms with Crippen molar-refractivity contribution < 1.29 is 0 Å². The fourth-order valence-corrected chi connectivity index (χ4v) is 2.14. The molecular weight excluding hydrogens is 222 g/mol. The van der Waals surface area contributed by atoms with Crippen LogP contribution in [0.3, 0.4) is 0 Å². The van der Waals surface area contributed by atoms with Gasteiger partial charge in [0.25, 0.3) is 0 Å². The minimum absolute atomic E-state index is 0.118. The van der Waals surface area contributed by atoms with E-state index in [-0.39, 0.29) is 5.84 Å². The Morgan fingerprint density at radius 1 is 0.778 bits per heavy atom. The van der Waals surface area contributed by atoms with Gasteiger partial charge >= 0.3 is 0 Å². The van der Waals surface area contributed by atoms with Gasteiger partial charge < -0.3 is 11.1 Å². The number of amidine groups is 1. The molecule has 3 heteroatoms. The van der Waals surface area contributed by atoms with E-state index in [1.165, 1.54) is 57.8 Å². The molecule has 0 aromatic rings. The van der Waals surface area contributed by atoms with Crippen LogP contribution in [0.5, 0.6) is 0 Å². The van der Waals surface area contributed by atoms with Crippen LogP contribution in [0.15, 0.2) is 0 Å². The van der Waals surface area contributed by atoms with Crippen LogP contribution in [-0.2, 0) is 0 Å². The normalized spacial score (nSPS) is 10.5. The molecule has 0 aromatic carbocycles. The smallest absolute Gasteiger partial charge is 0.0962 e. The Labute approximate surface area is 113 Å². The Kier molecular flexibility index (Phi) is 12.0. The van der Waals surface area contributed by atoms with Crippen molar-refractivity contribution in [3.05, 3.63) is 0 Å². The van der Waals surface area contributed by atoms with Crippen LogP contribution in [0.4, 0.5) is 0 Å². The van der Waals surface area contributed by atoms with E-state index in [1.54, 1.807) is 0 Å². The lowest BCUT2D eigenvalue weighted by atomic mass is 10.0. The molecule has 0 saturated carbocycles. The third-order valence-corrected chi connectivity index (χ3v) is 3.24. The van der Waals surface area contributed by atoms with Gasteiger partial charge in [0.1, 0.15) is 0 Å². The summed E-state index contributed by atoms with van der Waals surface area (Å²) in [6, 6.07) is 0. The average Bonchev–Trinajstić information content (AvgIpc) is 2.30. The van der Waals surface area contributed by atoms with Gasteiger partial charge in [-0.05, 0) is 12.8 Å². The van der Waals surface area contributed by atoms with Crippen LogP contribution >= 0.6 is 0 Å². The fraction of sp³-hybridized carbons (Fsp3) is 0.867. The van der Waals surface area contributed by atoms with Crippen LogP contribution in [0.1, 0.15) is 84.0 Å². The van der Waals surface area contributed by atoms with Crippen molar-refractivity contribution >= 4 is 11.5 Å². The van der Waals surface area contributed by atoms with Gasteiger partial charge in [0.2, 0.25) is 0 Å². The van der Waals surface area contributed by atoms with E-state index in [4.69, 9.17) is 16.6 Å². The summed E-state index contributed by atoms with van der Waals surface area (Å²) in [7, 11) is 0. The molecule has 0 amide bonds. The highest BCUT2D eigenvalue weighted by Gasteiger charge is 1.99. The Morgan fingerprint density at radius 3 is 1.67 bits per heavy atom. The lowest BCUT2D eigenvalue weighted by molar-refractivity contribution is 0.559. The van der Waals surface area contributed by atoms with Crippen molar-refractivity contribution in [2.45, 2.75) is 84.0 Å². The molecular formula is C15H31N3. The van der Waals surface area contributed by atoms with Gasteiger partial charge in [0.05, 0.1) is 5.84 Å². The highest BCUT2D eigenvalue weighted by molar-refractivity contribution is 5.99. The van der Waals surface area contributed by atoms with E-state index in [9.17, 15) is 0 Å². The number of hydrogen-bond donors (Lipinski definition) is 3. The standard InChI is InChI=1S/C15H31N3/c1-2-3-4-5-6-7-8-9-10-11-12-14(16)13-15(17)18/h16H,2-13H2,1H3,(H3,17,18). The van der Waals surface area contributed by atoms with E-state index in [0.717, 1.165) is 12.8 Å². The Hall–Kier alpha value is -0.860. The minimum atomic E-state index is 0.118. The summed E-state index contributed by atoms with van der Waals surface area (Å²) in [5.74, 6) is 0.118.